The molecule has 0 spiro atoms. The average Bonchev–Trinajstić information content (AvgIpc) is 0.815. The van der Waals surface area contributed by atoms with Gasteiger partial charge in [-0.25, -0.2) is 23.6 Å². The number of hydrogen-bond acceptors (Lipinski definition) is 28. The van der Waals surface area contributed by atoms with Crippen LogP contribution in [0.1, 0.15) is 189 Å². The van der Waals surface area contributed by atoms with E-state index in [0.717, 1.165) is 31.2 Å². The van der Waals surface area contributed by atoms with Gasteiger partial charge in [0.05, 0.1) is 42.7 Å². The van der Waals surface area contributed by atoms with Gasteiger partial charge in [-0.15, -0.1) is 0 Å². The van der Waals surface area contributed by atoms with E-state index in [4.69, 9.17) is 44.6 Å². The van der Waals surface area contributed by atoms with Crippen molar-refractivity contribution < 1.29 is 152 Å². The molecule has 5 aliphatic rings. The van der Waals surface area contributed by atoms with Gasteiger partial charge in [-0.3, -0.25) is 67.1 Å². The number of benzene rings is 3. The van der Waals surface area contributed by atoms with Crippen LogP contribution in [0.2, 0.25) is 0 Å². The second-order valence-electron chi connectivity index (χ2n) is 36.0. The molecule has 8 rings (SSSR count). The first-order valence-corrected chi connectivity index (χ1v) is 43.9. The van der Waals surface area contributed by atoms with Crippen LogP contribution < -0.4 is 64.6 Å². The highest BCUT2D eigenvalue weighted by molar-refractivity contribution is 6.01. The van der Waals surface area contributed by atoms with Crippen LogP contribution >= 0.6 is 0 Å². The van der Waals surface area contributed by atoms with Crippen LogP contribution in [0.4, 0.5) is 32.8 Å². The van der Waals surface area contributed by atoms with Crippen molar-refractivity contribution in [1.82, 2.24) is 52.8 Å². The minimum absolute atomic E-state index is 0.0424. The number of Topliss-reactive ketones (excluding diaryl/α,β-unsaturated/α-hetero) is 1. The summed E-state index contributed by atoms with van der Waals surface area (Å²) in [6, 6.07) is 4.39. The standard InChI is InChI=1S/C90H119F4N13O28/c1-15-44(4)67(105-75(118)47(7)99-76(119)56(31-33-63(96)112)103-79(122)58-25-20-34-107(58)65(114)40-97-48(8)108)80(123)100-46(6)74(117)98-39-64(113)102-55(30-32-62(95)111)77(120)104-57(35-43(2)3)78(121)101-54-28-26-50(27-29-54)41-129-84(127)132-70(68(51-21-17-16-18-22-51)106-83(126)135-86(12,13)90(92,93)94)82(125)131-59-38-89(128)73(133-81(124)52-23-19-24-53(91)36-52)71-87(14,72(116)69(115)66(45(59)5)85(89,10)11)60(110)37-61-88(71,42-130-61)134-49(9)109/h16-19,21-24,26-29,36,43-44,46-47,55-61,67-71,73,110,115,128H,15,20,25,30-35,37-42H2,1-14H3,(H2,95,111)(H2,96,112)(H,97,108)(H,98,117)(H,99,119)(H,100,123)(H,101,121)(H,102,113)(H,103,122)(H,104,120)(H,105,118)(H,106,126)/t44-,46-,47-,55-,56-,57-,58-,59-,60-,61+,67-,68-,69+,70+,71-,73-,87+,88-,89+/m0/s1. The number of likely N-dealkylation sites (tertiary alicyclic amines) is 1. The molecule has 3 aromatic rings. The van der Waals surface area contributed by atoms with Gasteiger partial charge in [0, 0.05) is 57.2 Å². The Morgan fingerprint density at radius 1 is 0.704 bits per heavy atom. The number of aliphatic hydroxyl groups excluding tert-OH is 2. The number of carbonyl (C=O) groups excluding carboxylic acids is 18. The molecule has 2 saturated carbocycles. The first-order chi connectivity index (χ1) is 63.0. The molecule has 2 saturated heterocycles. The van der Waals surface area contributed by atoms with Gasteiger partial charge in [0.15, 0.2) is 11.4 Å². The summed E-state index contributed by atoms with van der Waals surface area (Å²) in [6.07, 6.45) is -23.0. The van der Waals surface area contributed by atoms with E-state index < -0.39 is 294 Å². The minimum atomic E-state index is -5.21. The molecule has 0 unspecified atom stereocenters. The van der Waals surface area contributed by atoms with Gasteiger partial charge in [0.1, 0.15) is 90.8 Å². The van der Waals surface area contributed by atoms with E-state index in [-0.39, 0.29) is 79.1 Å². The van der Waals surface area contributed by atoms with E-state index in [0.29, 0.717) is 20.3 Å². The topological polar surface area (TPSA) is 608 Å². The van der Waals surface area contributed by atoms with Crippen LogP contribution in [0.3, 0.4) is 0 Å². The molecular formula is C90H119F4N13O28. The van der Waals surface area contributed by atoms with Crippen molar-refractivity contribution in [3.63, 3.8) is 0 Å². The van der Waals surface area contributed by atoms with Crippen LogP contribution in [0.5, 0.6) is 0 Å². The van der Waals surface area contributed by atoms with Crippen molar-refractivity contribution in [2.75, 3.05) is 31.6 Å². The first-order valence-electron chi connectivity index (χ1n) is 43.9. The molecular weight excluding hydrogens is 1790 g/mol. The molecule has 0 radical (unpaired) electrons. The number of aliphatic hydroxyl groups is 3. The first kappa shape index (κ1) is 108. The van der Waals surface area contributed by atoms with Gasteiger partial charge in [0.2, 0.25) is 82.6 Å². The SMILES string of the molecule is CC[C@H](C)[C@H](NC(=O)[C@H](C)NC(=O)[C@H](CCC(N)=O)NC(=O)[C@@H]1CCCN1C(=O)CNC(C)=O)C(=O)N[C@@H](C)C(=O)NCC(=O)N[C@@H](CCC(N)=O)C(=O)N[C@@H](CC(C)C)C(=O)Nc1ccc(COC(=O)O[C@@H](C(=O)O[C@H]2C[C@@]3(O)[C@@H](OC(=O)c4cccc(F)c4)[C@@H]4[C@]5(OC(C)=O)CO[C@@H]5C[C@H](O)[C@@]4(C)C(=O)[C@H](O)C(=C2C)C3(C)C)[C@@H](NC(=O)OC(C)(C)C(F)(F)F)c2ccccc2)cc1. The van der Waals surface area contributed by atoms with Crippen LogP contribution in [-0.2, 0) is 112 Å². The molecule has 17 N–H and O–H groups in total. The number of alkyl halides is 3. The van der Waals surface area contributed by atoms with Crippen molar-refractivity contribution in [1.29, 1.82) is 0 Å². The Kier molecular flexibility index (Phi) is 35.9. The minimum Gasteiger partial charge on any atom is -0.455 e. The van der Waals surface area contributed by atoms with Crippen molar-refractivity contribution in [3.8, 4) is 0 Å². The molecule has 740 valence electrons. The third-order valence-electron chi connectivity index (χ3n) is 25.1. The Labute approximate surface area is 774 Å². The quantitative estimate of drug-likeness (QED) is 0.0168. The number of rotatable bonds is 40. The fourth-order valence-corrected chi connectivity index (χ4v) is 17.2. The lowest BCUT2D eigenvalue weighted by atomic mass is 9.44. The number of primary amides is 2. The van der Waals surface area contributed by atoms with Crippen molar-refractivity contribution >= 4 is 113 Å². The van der Waals surface area contributed by atoms with Crippen molar-refractivity contribution in [2.24, 2.45) is 40.1 Å². The number of amides is 13. The number of nitrogens with one attached hydrogen (secondary N) is 10. The van der Waals surface area contributed by atoms with E-state index in [9.17, 15) is 110 Å². The smallest absolute Gasteiger partial charge is 0.455 e. The number of fused-ring (bicyclic) bond motifs is 5. The monoisotopic (exact) mass is 1910 g/mol. The Morgan fingerprint density at radius 2 is 1.32 bits per heavy atom. The van der Waals surface area contributed by atoms with E-state index in [1.807, 2.05) is 0 Å². The number of hydrogen-bond donors (Lipinski definition) is 15. The molecule has 4 fully saturated rings. The number of ketones is 1. The maximum Gasteiger partial charge on any atom is 0.509 e. The zero-order valence-electron chi connectivity index (χ0n) is 77.1. The Bertz CT molecular complexity index is 5000. The Morgan fingerprint density at radius 3 is 1.90 bits per heavy atom. The fraction of sp³-hybridized carbons (Fsp3) is 0.578. The highest BCUT2D eigenvalue weighted by Gasteiger charge is 2.78. The van der Waals surface area contributed by atoms with Gasteiger partial charge >= 0.3 is 36.3 Å². The fourth-order valence-electron chi connectivity index (χ4n) is 17.2. The number of halogens is 4. The molecule has 3 aliphatic carbocycles. The van der Waals surface area contributed by atoms with Crippen molar-refractivity contribution in [3.05, 3.63) is 113 Å². The lowest BCUT2D eigenvalue weighted by molar-refractivity contribution is -0.346. The zero-order valence-corrected chi connectivity index (χ0v) is 77.1. The van der Waals surface area contributed by atoms with Gasteiger partial charge in [-0.05, 0) is 138 Å². The molecule has 19 atom stereocenters. The number of carbonyl (C=O) groups is 18. The predicted octanol–water partition coefficient (Wildman–Crippen LogP) is 2.06. The third kappa shape index (κ3) is 26.0. The van der Waals surface area contributed by atoms with Crippen molar-refractivity contribution in [2.45, 2.75) is 276 Å². The number of ether oxygens (including phenoxy) is 7. The summed E-state index contributed by atoms with van der Waals surface area (Å²) in [4.78, 5) is 247. The molecule has 0 aromatic heterocycles. The second kappa shape index (κ2) is 45.0. The molecule has 2 bridgehead atoms. The van der Waals surface area contributed by atoms with Gasteiger partial charge in [-0.1, -0.05) is 96.5 Å². The van der Waals surface area contributed by atoms with Crippen LogP contribution in [-0.4, -0.2) is 255 Å². The summed E-state index contributed by atoms with van der Waals surface area (Å²) in [7, 11) is 0. The summed E-state index contributed by atoms with van der Waals surface area (Å²) in [5.41, 5.74) is -2.56. The molecule has 13 amide bonds. The molecule has 45 heteroatoms. The largest absolute Gasteiger partial charge is 0.509 e. The predicted molar refractivity (Wildman–Crippen MR) is 463 cm³/mol. The van der Waals surface area contributed by atoms with Gasteiger partial charge in [-0.2, -0.15) is 13.2 Å². The highest BCUT2D eigenvalue weighted by Crippen LogP contribution is 2.64. The summed E-state index contributed by atoms with van der Waals surface area (Å²) >= 11 is 0. The Balaban J connectivity index is 0.949. The number of nitrogens with two attached hydrogens (primary N) is 2. The Hall–Kier alpha value is -12.8. The molecule has 2 heterocycles. The molecule has 2 aliphatic heterocycles. The van der Waals surface area contributed by atoms with Crippen LogP contribution in [0, 0.1) is 34.4 Å². The highest BCUT2D eigenvalue weighted by atomic mass is 19.4. The summed E-state index contributed by atoms with van der Waals surface area (Å²) < 4.78 is 98.5. The zero-order chi connectivity index (χ0) is 101. The third-order valence-corrected chi connectivity index (χ3v) is 25.1. The lowest BCUT2D eigenvalue weighted by Crippen LogP contribution is -2.81. The number of esters is 3. The molecule has 135 heavy (non-hydrogen) atoms. The molecule has 3 aromatic carbocycles. The second-order valence-corrected chi connectivity index (χ2v) is 36.0. The maximum absolute atomic E-state index is 15.5. The number of anilines is 1. The van der Waals surface area contributed by atoms with E-state index >= 15 is 9.59 Å². The lowest BCUT2D eigenvalue weighted by Gasteiger charge is -2.67. The summed E-state index contributed by atoms with van der Waals surface area (Å²) in [6.45, 7) is 15.3. The molecule has 41 nitrogen and oxygen atoms in total. The van der Waals surface area contributed by atoms with E-state index in [2.05, 4.69) is 53.2 Å². The van der Waals surface area contributed by atoms with E-state index in [1.165, 1.54) is 108 Å². The average molecular weight is 1910 g/mol. The number of alkyl carbamates (subject to hydrolysis) is 1. The van der Waals surface area contributed by atoms with Gasteiger partial charge < -0.3 is 118 Å². The van der Waals surface area contributed by atoms with Crippen LogP contribution in [0.15, 0.2) is 90.0 Å². The maximum atomic E-state index is 15.5. The summed E-state index contributed by atoms with van der Waals surface area (Å²) in [5.74, 6) is -18.8. The summed E-state index contributed by atoms with van der Waals surface area (Å²) in [5, 5.41) is 63.2. The van der Waals surface area contributed by atoms with Crippen LogP contribution in [0.25, 0.3) is 0 Å². The number of nitrogens with zero attached hydrogens (tertiary/aromatic N) is 1. The van der Waals surface area contributed by atoms with E-state index in [1.54, 1.807) is 27.7 Å². The van der Waals surface area contributed by atoms with Gasteiger partial charge in [0.25, 0.3) is 0 Å². The normalized spacial score (nSPS) is 23.6.